The summed E-state index contributed by atoms with van der Waals surface area (Å²) < 4.78 is 13.9. The number of hydrogen-bond donors (Lipinski definition) is 0. The van der Waals surface area contributed by atoms with Gasteiger partial charge in [-0.15, -0.1) is 0 Å². The summed E-state index contributed by atoms with van der Waals surface area (Å²) >= 11 is 0. The van der Waals surface area contributed by atoms with Crippen molar-refractivity contribution >= 4 is 60.9 Å². The summed E-state index contributed by atoms with van der Waals surface area (Å²) in [5, 5.41) is 4.74. The van der Waals surface area contributed by atoms with E-state index in [4.69, 9.17) is 8.83 Å². The highest BCUT2D eigenvalue weighted by Crippen LogP contribution is 2.64. The standard InChI is InChI=1S/C67H55NO2/c1-64(2,3)39-29-27-38(28-30-39)48-37-52-55(57-46-22-14-17-25-53(46)69-62(48)57)44-33-31-41(35-50(44)65(52,4)5)68(40-19-11-10-12-20-40)42-32-34-45-51(36-42)67(8,9)60-56(45)58-47-23-15-18-26-54(47)70-63(58)59-43-21-13-16-24-49(43)66(6,7)61(59)60/h10-37H,1-9H3. The van der Waals surface area contributed by atoms with Crippen molar-refractivity contribution in [1.29, 1.82) is 0 Å². The van der Waals surface area contributed by atoms with Crippen LogP contribution in [0.4, 0.5) is 17.1 Å². The third-order valence-corrected chi connectivity index (χ3v) is 16.7. The van der Waals surface area contributed by atoms with E-state index in [1.165, 1.54) is 94.0 Å². The highest BCUT2D eigenvalue weighted by Gasteiger charge is 2.49. The molecule has 3 aliphatic rings. The van der Waals surface area contributed by atoms with E-state index in [0.717, 1.165) is 50.3 Å². The van der Waals surface area contributed by atoms with Crippen LogP contribution in [-0.4, -0.2) is 0 Å². The zero-order valence-electron chi connectivity index (χ0n) is 41.4. The molecule has 0 radical (unpaired) electrons. The van der Waals surface area contributed by atoms with E-state index in [1.807, 2.05) is 0 Å². The summed E-state index contributed by atoms with van der Waals surface area (Å²) in [5.74, 6) is 0. The van der Waals surface area contributed by atoms with Crippen LogP contribution >= 0.6 is 0 Å². The molecule has 11 aromatic rings. The van der Waals surface area contributed by atoms with Gasteiger partial charge in [-0.05, 0) is 132 Å². The molecule has 0 amide bonds. The summed E-state index contributed by atoms with van der Waals surface area (Å²) in [4.78, 5) is 2.47. The van der Waals surface area contributed by atoms with E-state index in [9.17, 15) is 0 Å². The predicted molar refractivity (Wildman–Crippen MR) is 293 cm³/mol. The monoisotopic (exact) mass is 905 g/mol. The molecule has 0 fully saturated rings. The number of anilines is 3. The number of fused-ring (bicyclic) bond motifs is 19. The molecule has 0 aliphatic heterocycles. The highest BCUT2D eigenvalue weighted by atomic mass is 16.3. The summed E-state index contributed by atoms with van der Waals surface area (Å²) in [6.07, 6.45) is 0. The number of hydrogen-bond acceptors (Lipinski definition) is 3. The first-order valence-corrected chi connectivity index (χ1v) is 25.0. The summed E-state index contributed by atoms with van der Waals surface area (Å²) in [6.45, 7) is 21.4. The Morgan fingerprint density at radius 2 is 0.900 bits per heavy atom. The van der Waals surface area contributed by atoms with Gasteiger partial charge >= 0.3 is 0 Å². The van der Waals surface area contributed by atoms with Gasteiger partial charge in [-0.25, -0.2) is 0 Å². The number of rotatable bonds is 4. The fraction of sp³-hybridized carbons (Fsp3) is 0.194. The van der Waals surface area contributed by atoms with Crippen LogP contribution in [0.3, 0.4) is 0 Å². The van der Waals surface area contributed by atoms with Crippen LogP contribution in [0.1, 0.15) is 101 Å². The van der Waals surface area contributed by atoms with Gasteiger partial charge in [-0.2, -0.15) is 0 Å². The number of para-hydroxylation sites is 3. The minimum atomic E-state index is -0.315. The van der Waals surface area contributed by atoms with Crippen molar-refractivity contribution in [1.82, 2.24) is 0 Å². The van der Waals surface area contributed by atoms with Gasteiger partial charge in [0.1, 0.15) is 22.3 Å². The van der Waals surface area contributed by atoms with Crippen molar-refractivity contribution in [2.45, 2.75) is 84.0 Å². The number of nitrogens with zero attached hydrogens (tertiary/aromatic N) is 1. The Morgan fingerprint density at radius 3 is 1.56 bits per heavy atom. The maximum absolute atomic E-state index is 6.98. The lowest BCUT2D eigenvalue weighted by atomic mass is 9.72. The maximum Gasteiger partial charge on any atom is 0.144 e. The summed E-state index contributed by atoms with van der Waals surface area (Å²) in [5.41, 5.74) is 25.9. The minimum Gasteiger partial charge on any atom is -0.455 e. The zero-order valence-corrected chi connectivity index (χ0v) is 41.4. The van der Waals surface area contributed by atoms with Crippen molar-refractivity contribution in [3.05, 3.63) is 209 Å². The smallest absolute Gasteiger partial charge is 0.144 e. The molecule has 0 spiro atoms. The van der Waals surface area contributed by atoms with Gasteiger partial charge in [0.25, 0.3) is 0 Å². The Kier molecular flexibility index (Phi) is 8.15. The molecule has 0 unspecified atom stereocenters. The lowest BCUT2D eigenvalue weighted by Crippen LogP contribution is -2.24. The normalized spacial score (nSPS) is 15.6. The van der Waals surface area contributed by atoms with Crippen LogP contribution in [0.2, 0.25) is 0 Å². The molecule has 2 heterocycles. The van der Waals surface area contributed by atoms with Crippen molar-refractivity contribution < 1.29 is 8.83 Å². The Bertz CT molecular complexity index is 4050. The average molecular weight is 906 g/mol. The van der Waals surface area contributed by atoms with Gasteiger partial charge in [0, 0.05) is 66.0 Å². The number of furan rings is 2. The Balaban J connectivity index is 0.963. The molecule has 0 N–H and O–H groups in total. The Morgan fingerprint density at radius 1 is 0.386 bits per heavy atom. The minimum absolute atomic E-state index is 0.0634. The van der Waals surface area contributed by atoms with E-state index in [-0.39, 0.29) is 21.7 Å². The van der Waals surface area contributed by atoms with Gasteiger partial charge in [-0.1, -0.05) is 178 Å². The van der Waals surface area contributed by atoms with Crippen molar-refractivity contribution in [2.75, 3.05) is 4.90 Å². The Hall–Kier alpha value is -7.62. The molecule has 340 valence electrons. The maximum atomic E-state index is 6.98. The van der Waals surface area contributed by atoms with E-state index in [2.05, 4.69) is 237 Å². The molecule has 3 heteroatoms. The molecule has 0 saturated carbocycles. The van der Waals surface area contributed by atoms with Gasteiger partial charge in [0.05, 0.1) is 0 Å². The molecule has 3 aliphatic carbocycles. The largest absolute Gasteiger partial charge is 0.455 e. The van der Waals surface area contributed by atoms with Crippen LogP contribution in [0.15, 0.2) is 179 Å². The molecule has 0 atom stereocenters. The summed E-state index contributed by atoms with van der Waals surface area (Å²) in [6, 6.07) is 63.1. The average Bonchev–Trinajstić information content (AvgIpc) is 4.11. The molecular weight excluding hydrogens is 851 g/mol. The Labute approximate surface area is 410 Å². The molecule has 9 aromatic carbocycles. The molecule has 3 nitrogen and oxygen atoms in total. The predicted octanol–water partition coefficient (Wildman–Crippen LogP) is 18.8. The second kappa shape index (κ2) is 13.8. The van der Waals surface area contributed by atoms with Crippen LogP contribution in [0, 0.1) is 0 Å². The number of benzene rings is 9. The highest BCUT2D eigenvalue weighted by molar-refractivity contribution is 6.21. The molecule has 70 heavy (non-hydrogen) atoms. The van der Waals surface area contributed by atoms with Crippen LogP contribution in [0.25, 0.3) is 88.4 Å². The first-order valence-electron chi connectivity index (χ1n) is 25.0. The van der Waals surface area contributed by atoms with Gasteiger partial charge in [0.15, 0.2) is 0 Å². The fourth-order valence-corrected chi connectivity index (χ4v) is 13.3. The van der Waals surface area contributed by atoms with Gasteiger partial charge < -0.3 is 13.7 Å². The topological polar surface area (TPSA) is 29.5 Å². The van der Waals surface area contributed by atoms with E-state index >= 15 is 0 Å². The second-order valence-electron chi connectivity index (χ2n) is 22.8. The quantitative estimate of drug-likeness (QED) is 0.176. The second-order valence-corrected chi connectivity index (χ2v) is 22.8. The van der Waals surface area contributed by atoms with E-state index in [1.54, 1.807) is 0 Å². The summed E-state index contributed by atoms with van der Waals surface area (Å²) in [7, 11) is 0. The van der Waals surface area contributed by atoms with Crippen molar-refractivity contribution in [3.8, 4) is 44.5 Å². The zero-order chi connectivity index (χ0) is 47.8. The SMILES string of the molecule is CC(C)(C)c1ccc(-c2cc3c(c4c2oc2ccccc24)-c2ccc(N(c4ccccc4)c4ccc5c(c4)C(C)(C)c4c6c(c7oc8ccccc8c7c4-5)-c4ccccc4C6(C)C)cc2C3(C)C)cc1. The third kappa shape index (κ3) is 5.36. The van der Waals surface area contributed by atoms with Gasteiger partial charge in [-0.3, -0.25) is 0 Å². The van der Waals surface area contributed by atoms with Crippen LogP contribution in [-0.2, 0) is 21.7 Å². The first-order chi connectivity index (χ1) is 33.6. The molecular formula is C67H55NO2. The van der Waals surface area contributed by atoms with Crippen molar-refractivity contribution in [3.63, 3.8) is 0 Å². The third-order valence-electron chi connectivity index (χ3n) is 16.7. The van der Waals surface area contributed by atoms with Crippen LogP contribution in [0.5, 0.6) is 0 Å². The molecule has 14 rings (SSSR count). The molecule has 0 saturated heterocycles. The van der Waals surface area contributed by atoms with Crippen LogP contribution < -0.4 is 4.90 Å². The van der Waals surface area contributed by atoms with E-state index < -0.39 is 0 Å². The van der Waals surface area contributed by atoms with Crippen molar-refractivity contribution in [2.24, 2.45) is 0 Å². The molecule has 0 bridgehead atoms. The first kappa shape index (κ1) is 41.4. The van der Waals surface area contributed by atoms with Gasteiger partial charge in [0.2, 0.25) is 0 Å². The van der Waals surface area contributed by atoms with E-state index in [0.29, 0.717) is 0 Å². The lowest BCUT2D eigenvalue weighted by molar-refractivity contribution is 0.590. The fourth-order valence-electron chi connectivity index (χ4n) is 13.3. The molecule has 2 aromatic heterocycles. The lowest BCUT2D eigenvalue weighted by Gasteiger charge is -2.32.